The molecule has 0 aliphatic carbocycles. The van der Waals surface area contributed by atoms with Gasteiger partial charge in [0.05, 0.1) is 13.0 Å². The van der Waals surface area contributed by atoms with E-state index in [9.17, 15) is 14.4 Å². The van der Waals surface area contributed by atoms with Gasteiger partial charge in [-0.15, -0.1) is 0 Å². The van der Waals surface area contributed by atoms with Crippen molar-refractivity contribution in [3.8, 4) is 0 Å². The van der Waals surface area contributed by atoms with E-state index in [2.05, 4.69) is 11.7 Å². The van der Waals surface area contributed by atoms with E-state index in [1.807, 2.05) is 0 Å². The third-order valence-electron chi connectivity index (χ3n) is 2.42. The Morgan fingerprint density at radius 3 is 2.18 bits per heavy atom. The second kappa shape index (κ2) is 10.00. The van der Waals surface area contributed by atoms with E-state index in [0.717, 1.165) is 25.7 Å². The molecule has 0 heterocycles. The van der Waals surface area contributed by atoms with Crippen molar-refractivity contribution in [3.05, 3.63) is 0 Å². The Labute approximate surface area is 103 Å². The second-order valence-electron chi connectivity index (χ2n) is 4.02. The highest BCUT2D eigenvalue weighted by Crippen LogP contribution is 2.06. The molecule has 0 aliphatic heterocycles. The molecule has 0 fully saturated rings. The Morgan fingerprint density at radius 2 is 1.59 bits per heavy atom. The normalized spacial score (nSPS) is 10.0. The van der Waals surface area contributed by atoms with Crippen LogP contribution in [-0.4, -0.2) is 24.1 Å². The van der Waals surface area contributed by atoms with Crippen molar-refractivity contribution in [2.75, 3.05) is 6.61 Å². The average Bonchev–Trinajstić information content (AvgIpc) is 2.29. The zero-order valence-corrected chi connectivity index (χ0v) is 10.8. The van der Waals surface area contributed by atoms with Crippen molar-refractivity contribution >= 4 is 17.5 Å². The van der Waals surface area contributed by atoms with Gasteiger partial charge < -0.3 is 4.74 Å². The molecule has 0 amide bonds. The van der Waals surface area contributed by atoms with Crippen LogP contribution in [0.3, 0.4) is 0 Å². The summed E-state index contributed by atoms with van der Waals surface area (Å²) in [6, 6.07) is 0. The second-order valence-corrected chi connectivity index (χ2v) is 4.02. The highest BCUT2D eigenvalue weighted by Gasteiger charge is 2.18. The molecule has 0 aromatic heterocycles. The van der Waals surface area contributed by atoms with Crippen LogP contribution in [-0.2, 0) is 19.1 Å². The number of ether oxygens (including phenoxy) is 1. The van der Waals surface area contributed by atoms with E-state index in [1.54, 1.807) is 6.92 Å². The largest absolute Gasteiger partial charge is 0.460 e. The fraction of sp³-hybridized carbons (Fsp3) is 0.769. The molecular weight excluding hydrogens is 220 g/mol. The van der Waals surface area contributed by atoms with E-state index in [1.165, 1.54) is 6.42 Å². The molecule has 0 rings (SSSR count). The molecule has 0 aliphatic rings. The van der Waals surface area contributed by atoms with Gasteiger partial charge in [-0.1, -0.05) is 32.6 Å². The molecule has 0 aromatic carbocycles. The number of rotatable bonds is 10. The quantitative estimate of drug-likeness (QED) is 0.255. The monoisotopic (exact) mass is 242 g/mol. The van der Waals surface area contributed by atoms with E-state index in [-0.39, 0.29) is 18.8 Å². The van der Waals surface area contributed by atoms with Gasteiger partial charge in [-0.3, -0.25) is 9.59 Å². The molecule has 0 spiro atoms. The Bertz CT molecular complexity index is 258. The van der Waals surface area contributed by atoms with Crippen LogP contribution >= 0.6 is 0 Å². The van der Waals surface area contributed by atoms with Gasteiger partial charge in [0.25, 0.3) is 0 Å². The predicted molar refractivity (Wildman–Crippen MR) is 64.6 cm³/mol. The summed E-state index contributed by atoms with van der Waals surface area (Å²) in [7, 11) is 0. The molecule has 4 nitrogen and oxygen atoms in total. The Hall–Kier alpha value is -1.19. The maximum absolute atomic E-state index is 11.4. The number of hydrogen-bond donors (Lipinski definition) is 0. The topological polar surface area (TPSA) is 60.4 Å². The first kappa shape index (κ1) is 15.8. The zero-order valence-electron chi connectivity index (χ0n) is 10.8. The Balaban J connectivity index is 3.64. The lowest BCUT2D eigenvalue weighted by molar-refractivity contribution is -0.154. The summed E-state index contributed by atoms with van der Waals surface area (Å²) in [5.74, 6) is -1.79. The van der Waals surface area contributed by atoms with Crippen molar-refractivity contribution in [3.63, 3.8) is 0 Å². The summed E-state index contributed by atoms with van der Waals surface area (Å²) in [4.78, 5) is 33.5. The summed E-state index contributed by atoms with van der Waals surface area (Å²) in [6.45, 7) is 3.92. The fourth-order valence-corrected chi connectivity index (χ4v) is 1.48. The first-order chi connectivity index (χ1) is 8.11. The first-order valence-corrected chi connectivity index (χ1v) is 6.33. The van der Waals surface area contributed by atoms with Crippen molar-refractivity contribution < 1.29 is 19.1 Å². The van der Waals surface area contributed by atoms with Crippen molar-refractivity contribution in [1.29, 1.82) is 0 Å². The SMILES string of the molecule is CCCCCCCC(=O)CC(=O)C(=O)OCC. The Kier molecular flexibility index (Phi) is 9.30. The van der Waals surface area contributed by atoms with E-state index >= 15 is 0 Å². The van der Waals surface area contributed by atoms with Crippen molar-refractivity contribution in [1.82, 2.24) is 0 Å². The van der Waals surface area contributed by atoms with Crippen LogP contribution in [0.1, 0.15) is 58.8 Å². The lowest BCUT2D eigenvalue weighted by Gasteiger charge is -2.01. The first-order valence-electron chi connectivity index (χ1n) is 6.33. The zero-order chi connectivity index (χ0) is 13.1. The van der Waals surface area contributed by atoms with Gasteiger partial charge in [-0.05, 0) is 13.3 Å². The van der Waals surface area contributed by atoms with Crippen LogP contribution in [0, 0.1) is 0 Å². The lowest BCUT2D eigenvalue weighted by atomic mass is 10.1. The molecule has 0 radical (unpaired) electrons. The summed E-state index contributed by atoms with van der Waals surface area (Å²) in [6.07, 6.45) is 5.34. The van der Waals surface area contributed by atoms with E-state index < -0.39 is 11.8 Å². The van der Waals surface area contributed by atoms with Gasteiger partial charge in [-0.2, -0.15) is 0 Å². The van der Waals surface area contributed by atoms with Gasteiger partial charge in [-0.25, -0.2) is 4.79 Å². The number of carbonyl (C=O) groups is 3. The molecule has 0 unspecified atom stereocenters. The third kappa shape index (κ3) is 8.60. The number of Topliss-reactive ketones (excluding diaryl/α,β-unsaturated/α-hetero) is 2. The number of ketones is 2. The minimum atomic E-state index is -0.896. The molecule has 0 N–H and O–H groups in total. The number of unbranched alkanes of at least 4 members (excludes halogenated alkanes) is 4. The van der Waals surface area contributed by atoms with Gasteiger partial charge in [0, 0.05) is 6.42 Å². The minimum absolute atomic E-state index is 0.162. The van der Waals surface area contributed by atoms with Crippen molar-refractivity contribution in [2.24, 2.45) is 0 Å². The smallest absolute Gasteiger partial charge is 0.375 e. The summed E-state index contributed by atoms with van der Waals surface area (Å²) >= 11 is 0. The van der Waals surface area contributed by atoms with Crippen LogP contribution in [0.25, 0.3) is 0 Å². The minimum Gasteiger partial charge on any atom is -0.460 e. The molecule has 17 heavy (non-hydrogen) atoms. The highest BCUT2D eigenvalue weighted by molar-refractivity contribution is 6.37. The Morgan fingerprint density at radius 1 is 0.941 bits per heavy atom. The van der Waals surface area contributed by atoms with Crippen LogP contribution in [0.4, 0.5) is 0 Å². The molecule has 98 valence electrons. The summed E-state index contributed by atoms with van der Waals surface area (Å²) < 4.78 is 4.52. The maximum atomic E-state index is 11.4. The van der Waals surface area contributed by atoms with Gasteiger partial charge >= 0.3 is 5.97 Å². The molecule has 0 saturated carbocycles. The lowest BCUT2D eigenvalue weighted by Crippen LogP contribution is -2.20. The molecule has 0 aromatic rings. The van der Waals surface area contributed by atoms with Crippen LogP contribution in [0.2, 0.25) is 0 Å². The summed E-state index contributed by atoms with van der Waals surface area (Å²) in [5.41, 5.74) is 0. The van der Waals surface area contributed by atoms with Crippen LogP contribution < -0.4 is 0 Å². The highest BCUT2D eigenvalue weighted by atomic mass is 16.5. The van der Waals surface area contributed by atoms with Crippen LogP contribution in [0.5, 0.6) is 0 Å². The number of hydrogen-bond acceptors (Lipinski definition) is 4. The molecule has 0 bridgehead atoms. The van der Waals surface area contributed by atoms with Gasteiger partial charge in [0.15, 0.2) is 0 Å². The third-order valence-corrected chi connectivity index (χ3v) is 2.42. The van der Waals surface area contributed by atoms with Crippen LogP contribution in [0.15, 0.2) is 0 Å². The average molecular weight is 242 g/mol. The molecular formula is C13H22O4. The standard InChI is InChI=1S/C13H22O4/c1-3-5-6-7-8-9-11(14)10-12(15)13(16)17-4-2/h3-10H2,1-2H3. The van der Waals surface area contributed by atoms with Crippen molar-refractivity contribution in [2.45, 2.75) is 58.8 Å². The molecule has 0 saturated heterocycles. The van der Waals surface area contributed by atoms with E-state index in [4.69, 9.17) is 0 Å². The molecule has 0 atom stereocenters. The van der Waals surface area contributed by atoms with Gasteiger partial charge in [0.1, 0.15) is 5.78 Å². The number of esters is 1. The van der Waals surface area contributed by atoms with Gasteiger partial charge in [0.2, 0.25) is 5.78 Å². The summed E-state index contributed by atoms with van der Waals surface area (Å²) in [5, 5.41) is 0. The predicted octanol–water partition coefficient (Wildman–Crippen LogP) is 2.44. The fourth-order valence-electron chi connectivity index (χ4n) is 1.48. The van der Waals surface area contributed by atoms with E-state index in [0.29, 0.717) is 6.42 Å². The number of carbonyl (C=O) groups excluding carboxylic acids is 3. The molecule has 4 heteroatoms. The maximum Gasteiger partial charge on any atom is 0.375 e.